The van der Waals surface area contributed by atoms with Crippen molar-refractivity contribution in [2.75, 3.05) is 6.54 Å². The van der Waals surface area contributed by atoms with E-state index in [4.69, 9.17) is 9.84 Å². The fourth-order valence-corrected chi connectivity index (χ4v) is 1.76. The lowest BCUT2D eigenvalue weighted by atomic mass is 9.71. The minimum Gasteiger partial charge on any atom is -0.479 e. The third kappa shape index (κ3) is 3.89. The van der Waals surface area contributed by atoms with Crippen LogP contribution in [0.3, 0.4) is 0 Å². The first-order chi connectivity index (χ1) is 7.62. The van der Waals surface area contributed by atoms with Gasteiger partial charge in [0.2, 0.25) is 0 Å². The van der Waals surface area contributed by atoms with Gasteiger partial charge < -0.3 is 20.3 Å². The second-order valence-electron chi connectivity index (χ2n) is 5.49. The minimum absolute atomic E-state index is 0.0105. The Morgan fingerprint density at radius 1 is 1.41 bits per heavy atom. The molecule has 98 valence electrons. The molecule has 1 amide bonds. The molecule has 0 aromatic heterocycles. The molecule has 0 aromatic rings. The van der Waals surface area contributed by atoms with Crippen molar-refractivity contribution in [3.05, 3.63) is 0 Å². The monoisotopic (exact) mass is 245 g/mol. The molecule has 1 fully saturated rings. The zero-order valence-corrected chi connectivity index (χ0v) is 10.3. The molecule has 0 atom stereocenters. The summed E-state index contributed by atoms with van der Waals surface area (Å²) >= 11 is 0. The fraction of sp³-hybridized carbons (Fsp3) is 0.818. The predicted octanol–water partition coefficient (Wildman–Crippen LogP) is 0.737. The summed E-state index contributed by atoms with van der Waals surface area (Å²) in [7, 11) is 0. The van der Waals surface area contributed by atoms with E-state index in [9.17, 15) is 14.7 Å². The molecule has 6 nitrogen and oxygen atoms in total. The first-order valence-corrected chi connectivity index (χ1v) is 5.55. The number of alkyl carbamates (subject to hydrolysis) is 1. The molecule has 0 saturated heterocycles. The smallest absolute Gasteiger partial charge is 0.407 e. The Kier molecular flexibility index (Phi) is 3.66. The van der Waals surface area contributed by atoms with E-state index in [2.05, 4.69) is 5.32 Å². The molecule has 1 aliphatic carbocycles. The standard InChI is InChI=1S/C11H19NO5/c1-10(2,3)17-9(15)12-6-7-4-11(16,5-7)8(13)14/h7,16H,4-6H2,1-3H3,(H,12,15)(H,13,14). The number of nitrogens with one attached hydrogen (secondary N) is 1. The Labute approximate surface area is 100.0 Å². The number of hydrogen-bond donors (Lipinski definition) is 3. The van der Waals surface area contributed by atoms with Gasteiger partial charge >= 0.3 is 12.1 Å². The maximum atomic E-state index is 11.3. The highest BCUT2D eigenvalue weighted by atomic mass is 16.6. The van der Waals surface area contributed by atoms with Crippen LogP contribution in [-0.4, -0.2) is 40.0 Å². The third-order valence-electron chi connectivity index (χ3n) is 2.58. The van der Waals surface area contributed by atoms with Gasteiger partial charge in [0, 0.05) is 6.54 Å². The summed E-state index contributed by atoms with van der Waals surface area (Å²) in [4.78, 5) is 21.9. The Bertz CT molecular complexity index is 314. The Balaban J connectivity index is 2.23. The highest BCUT2D eigenvalue weighted by Gasteiger charge is 2.48. The second kappa shape index (κ2) is 4.52. The number of carbonyl (C=O) groups excluding carboxylic acids is 1. The maximum absolute atomic E-state index is 11.3. The summed E-state index contributed by atoms with van der Waals surface area (Å²) in [6, 6.07) is 0. The van der Waals surface area contributed by atoms with Crippen molar-refractivity contribution in [2.24, 2.45) is 5.92 Å². The summed E-state index contributed by atoms with van der Waals surface area (Å²) in [5.41, 5.74) is -2.16. The van der Waals surface area contributed by atoms with Gasteiger partial charge in [-0.2, -0.15) is 0 Å². The second-order valence-corrected chi connectivity index (χ2v) is 5.49. The van der Waals surface area contributed by atoms with Crippen molar-refractivity contribution in [1.82, 2.24) is 5.32 Å². The average Bonchev–Trinajstić information content (AvgIpc) is 2.07. The number of rotatable bonds is 3. The largest absolute Gasteiger partial charge is 0.479 e. The van der Waals surface area contributed by atoms with Crippen LogP contribution in [0.2, 0.25) is 0 Å². The Hall–Kier alpha value is -1.30. The molecule has 0 heterocycles. The molecule has 1 aliphatic rings. The van der Waals surface area contributed by atoms with Crippen molar-refractivity contribution in [3.63, 3.8) is 0 Å². The van der Waals surface area contributed by atoms with Crippen molar-refractivity contribution in [3.8, 4) is 0 Å². The van der Waals surface area contributed by atoms with E-state index in [0.29, 0.717) is 6.54 Å². The quantitative estimate of drug-likeness (QED) is 0.681. The first kappa shape index (κ1) is 13.8. The molecule has 17 heavy (non-hydrogen) atoms. The number of aliphatic carboxylic acids is 1. The van der Waals surface area contributed by atoms with Gasteiger partial charge in [-0.3, -0.25) is 0 Å². The van der Waals surface area contributed by atoms with E-state index in [-0.39, 0.29) is 18.8 Å². The molecule has 0 spiro atoms. The summed E-state index contributed by atoms with van der Waals surface area (Å²) in [5, 5.41) is 20.7. The van der Waals surface area contributed by atoms with Crippen LogP contribution in [0.1, 0.15) is 33.6 Å². The van der Waals surface area contributed by atoms with Crippen LogP contribution in [0.15, 0.2) is 0 Å². The number of amides is 1. The third-order valence-corrected chi connectivity index (χ3v) is 2.58. The summed E-state index contributed by atoms with van der Waals surface area (Å²) < 4.78 is 5.03. The molecule has 1 rings (SSSR count). The molecular weight excluding hydrogens is 226 g/mol. The van der Waals surface area contributed by atoms with Gasteiger partial charge in [-0.15, -0.1) is 0 Å². The van der Waals surface area contributed by atoms with Crippen molar-refractivity contribution in [1.29, 1.82) is 0 Å². The highest BCUT2D eigenvalue weighted by molar-refractivity contribution is 5.78. The van der Waals surface area contributed by atoms with Gasteiger partial charge in [-0.05, 0) is 39.5 Å². The van der Waals surface area contributed by atoms with Crippen LogP contribution in [0.4, 0.5) is 4.79 Å². The van der Waals surface area contributed by atoms with Gasteiger partial charge in [-0.25, -0.2) is 9.59 Å². The highest BCUT2D eigenvalue weighted by Crippen LogP contribution is 2.37. The average molecular weight is 245 g/mol. The summed E-state index contributed by atoms with van der Waals surface area (Å²) in [6.07, 6.45) is -0.195. The van der Waals surface area contributed by atoms with E-state index in [1.165, 1.54) is 0 Å². The van der Waals surface area contributed by atoms with E-state index >= 15 is 0 Å². The summed E-state index contributed by atoms with van der Waals surface area (Å²) in [5.74, 6) is -1.21. The van der Waals surface area contributed by atoms with Crippen LogP contribution in [0, 0.1) is 5.92 Å². The lowest BCUT2D eigenvalue weighted by Crippen LogP contribution is -2.53. The number of carbonyl (C=O) groups is 2. The van der Waals surface area contributed by atoms with Crippen LogP contribution < -0.4 is 5.32 Å². The van der Waals surface area contributed by atoms with E-state index in [1.807, 2.05) is 0 Å². The van der Waals surface area contributed by atoms with Crippen LogP contribution in [0.5, 0.6) is 0 Å². The number of carboxylic acids is 1. The zero-order valence-electron chi connectivity index (χ0n) is 10.3. The molecule has 0 aromatic carbocycles. The van der Waals surface area contributed by atoms with Gasteiger partial charge in [0.25, 0.3) is 0 Å². The number of ether oxygens (including phenoxy) is 1. The Morgan fingerprint density at radius 3 is 2.35 bits per heavy atom. The van der Waals surface area contributed by atoms with Crippen molar-refractivity contribution < 1.29 is 24.5 Å². The predicted molar refractivity (Wildman–Crippen MR) is 59.5 cm³/mol. The SMILES string of the molecule is CC(C)(C)OC(=O)NCC1CC(O)(C(=O)O)C1. The number of aliphatic hydroxyl groups is 1. The van der Waals surface area contributed by atoms with Crippen LogP contribution in [0.25, 0.3) is 0 Å². The van der Waals surface area contributed by atoms with Crippen molar-refractivity contribution in [2.45, 2.75) is 44.8 Å². The molecule has 0 radical (unpaired) electrons. The lowest BCUT2D eigenvalue weighted by molar-refractivity contribution is -0.173. The molecule has 0 bridgehead atoms. The minimum atomic E-state index is -1.61. The van der Waals surface area contributed by atoms with Crippen LogP contribution in [-0.2, 0) is 9.53 Å². The molecule has 0 unspecified atom stereocenters. The van der Waals surface area contributed by atoms with Crippen molar-refractivity contribution >= 4 is 12.1 Å². The molecule has 0 aliphatic heterocycles. The molecular formula is C11H19NO5. The lowest BCUT2D eigenvalue weighted by Gasteiger charge is -2.40. The van der Waals surface area contributed by atoms with Gasteiger partial charge in [0.1, 0.15) is 5.60 Å². The van der Waals surface area contributed by atoms with E-state index in [0.717, 1.165) is 0 Å². The first-order valence-electron chi connectivity index (χ1n) is 5.55. The van der Waals surface area contributed by atoms with Crippen LogP contribution >= 0.6 is 0 Å². The summed E-state index contributed by atoms with van der Waals surface area (Å²) in [6.45, 7) is 5.61. The fourth-order valence-electron chi connectivity index (χ4n) is 1.76. The zero-order chi connectivity index (χ0) is 13.3. The normalized spacial score (nSPS) is 28.1. The molecule has 3 N–H and O–H groups in total. The van der Waals surface area contributed by atoms with Gasteiger partial charge in [0.05, 0.1) is 0 Å². The molecule has 6 heteroatoms. The molecule has 1 saturated carbocycles. The maximum Gasteiger partial charge on any atom is 0.407 e. The van der Waals surface area contributed by atoms with Gasteiger partial charge in [-0.1, -0.05) is 0 Å². The topological polar surface area (TPSA) is 95.9 Å². The van der Waals surface area contributed by atoms with E-state index in [1.54, 1.807) is 20.8 Å². The van der Waals surface area contributed by atoms with E-state index < -0.39 is 23.3 Å². The Morgan fingerprint density at radius 2 is 1.94 bits per heavy atom. The number of hydrogen-bond acceptors (Lipinski definition) is 4. The number of carboxylic acid groups (broad SMARTS) is 1. The van der Waals surface area contributed by atoms with Gasteiger partial charge in [0.15, 0.2) is 5.60 Å².